The average molecular weight is 282 g/mol. The SMILES string of the molecule is COc1ccccc1Oc1cnn(-c2ccccc2O)c1. The maximum atomic E-state index is 9.82. The van der Waals surface area contributed by atoms with Crippen molar-refractivity contribution in [1.29, 1.82) is 0 Å². The minimum Gasteiger partial charge on any atom is -0.506 e. The second-order valence-electron chi connectivity index (χ2n) is 4.36. The number of aromatic nitrogens is 2. The molecule has 0 aliphatic carbocycles. The van der Waals surface area contributed by atoms with Crippen LogP contribution in [0.3, 0.4) is 0 Å². The van der Waals surface area contributed by atoms with Gasteiger partial charge >= 0.3 is 0 Å². The molecule has 0 unspecified atom stereocenters. The molecule has 0 saturated carbocycles. The van der Waals surface area contributed by atoms with E-state index in [0.29, 0.717) is 22.9 Å². The molecule has 1 heterocycles. The van der Waals surface area contributed by atoms with Crippen molar-refractivity contribution in [2.24, 2.45) is 0 Å². The van der Waals surface area contributed by atoms with Crippen molar-refractivity contribution < 1.29 is 14.6 Å². The minimum atomic E-state index is 0.157. The summed E-state index contributed by atoms with van der Waals surface area (Å²) in [6, 6.07) is 14.3. The predicted molar refractivity (Wildman–Crippen MR) is 78.3 cm³/mol. The highest BCUT2D eigenvalue weighted by Crippen LogP contribution is 2.31. The lowest BCUT2D eigenvalue weighted by atomic mass is 10.3. The molecule has 0 bridgehead atoms. The van der Waals surface area contributed by atoms with Crippen LogP contribution < -0.4 is 9.47 Å². The van der Waals surface area contributed by atoms with E-state index >= 15 is 0 Å². The molecule has 0 saturated heterocycles. The van der Waals surface area contributed by atoms with Crippen LogP contribution >= 0.6 is 0 Å². The van der Waals surface area contributed by atoms with Gasteiger partial charge in [0, 0.05) is 0 Å². The van der Waals surface area contributed by atoms with Crippen LogP contribution in [-0.2, 0) is 0 Å². The lowest BCUT2D eigenvalue weighted by molar-refractivity contribution is 0.379. The average Bonchev–Trinajstić information content (AvgIpc) is 2.96. The number of aromatic hydroxyl groups is 1. The molecule has 0 atom stereocenters. The zero-order valence-electron chi connectivity index (χ0n) is 11.4. The van der Waals surface area contributed by atoms with E-state index in [1.807, 2.05) is 30.3 Å². The van der Waals surface area contributed by atoms with Gasteiger partial charge in [-0.3, -0.25) is 0 Å². The Bertz CT molecular complexity index is 753. The molecule has 5 nitrogen and oxygen atoms in total. The van der Waals surface area contributed by atoms with E-state index in [4.69, 9.17) is 9.47 Å². The van der Waals surface area contributed by atoms with Gasteiger partial charge in [-0.1, -0.05) is 24.3 Å². The fourth-order valence-electron chi connectivity index (χ4n) is 1.98. The number of hydrogen-bond donors (Lipinski definition) is 1. The Morgan fingerprint density at radius 3 is 2.48 bits per heavy atom. The molecule has 0 amide bonds. The van der Waals surface area contributed by atoms with Crippen molar-refractivity contribution in [3.63, 3.8) is 0 Å². The summed E-state index contributed by atoms with van der Waals surface area (Å²) >= 11 is 0. The maximum absolute atomic E-state index is 9.82. The van der Waals surface area contributed by atoms with E-state index in [9.17, 15) is 5.11 Å². The molecule has 1 aromatic heterocycles. The predicted octanol–water partition coefficient (Wildman–Crippen LogP) is 3.38. The van der Waals surface area contributed by atoms with Crippen molar-refractivity contribution >= 4 is 0 Å². The van der Waals surface area contributed by atoms with Crippen molar-refractivity contribution in [2.75, 3.05) is 7.11 Å². The summed E-state index contributed by atoms with van der Waals surface area (Å²) in [5, 5.41) is 14.0. The van der Waals surface area contributed by atoms with Gasteiger partial charge in [-0.25, -0.2) is 4.68 Å². The highest BCUT2D eigenvalue weighted by atomic mass is 16.5. The van der Waals surface area contributed by atoms with Crippen molar-refractivity contribution in [3.8, 4) is 28.7 Å². The summed E-state index contributed by atoms with van der Waals surface area (Å²) < 4.78 is 12.5. The number of nitrogens with zero attached hydrogens (tertiary/aromatic N) is 2. The van der Waals surface area contributed by atoms with Gasteiger partial charge in [0.25, 0.3) is 0 Å². The molecule has 0 radical (unpaired) electrons. The highest BCUT2D eigenvalue weighted by Gasteiger charge is 2.08. The lowest BCUT2D eigenvalue weighted by Gasteiger charge is -2.07. The van der Waals surface area contributed by atoms with Crippen molar-refractivity contribution in [2.45, 2.75) is 0 Å². The number of para-hydroxylation sites is 4. The van der Waals surface area contributed by atoms with Crippen molar-refractivity contribution in [3.05, 3.63) is 60.9 Å². The lowest BCUT2D eigenvalue weighted by Crippen LogP contribution is -1.94. The Balaban J connectivity index is 1.87. The third kappa shape index (κ3) is 2.67. The molecule has 0 spiro atoms. The van der Waals surface area contributed by atoms with Crippen LogP contribution in [0.5, 0.6) is 23.0 Å². The monoisotopic (exact) mass is 282 g/mol. The van der Waals surface area contributed by atoms with Gasteiger partial charge in [0.1, 0.15) is 11.4 Å². The summed E-state index contributed by atoms with van der Waals surface area (Å²) in [7, 11) is 1.59. The molecule has 3 rings (SSSR count). The first kappa shape index (κ1) is 13.1. The molecular formula is C16H14N2O3. The number of ether oxygens (including phenoxy) is 2. The fourth-order valence-corrected chi connectivity index (χ4v) is 1.98. The van der Waals surface area contributed by atoms with Crippen LogP contribution in [-0.4, -0.2) is 22.0 Å². The smallest absolute Gasteiger partial charge is 0.169 e. The fraction of sp³-hybridized carbons (Fsp3) is 0.0625. The molecule has 1 N–H and O–H groups in total. The summed E-state index contributed by atoms with van der Waals surface area (Å²) in [6.45, 7) is 0. The zero-order valence-corrected chi connectivity index (χ0v) is 11.4. The molecule has 3 aromatic rings. The Labute approximate surface area is 122 Å². The number of phenols is 1. The van der Waals surface area contributed by atoms with Gasteiger partial charge < -0.3 is 14.6 Å². The van der Waals surface area contributed by atoms with Crippen LogP contribution in [0.2, 0.25) is 0 Å². The third-order valence-electron chi connectivity index (χ3n) is 2.98. The number of rotatable bonds is 4. The summed E-state index contributed by atoms with van der Waals surface area (Å²) in [5.41, 5.74) is 0.590. The first-order valence-corrected chi connectivity index (χ1v) is 6.42. The second kappa shape index (κ2) is 5.58. The molecular weight excluding hydrogens is 268 g/mol. The van der Waals surface area contributed by atoms with Crippen LogP contribution in [0.25, 0.3) is 5.69 Å². The third-order valence-corrected chi connectivity index (χ3v) is 2.98. The van der Waals surface area contributed by atoms with Crippen LogP contribution in [0, 0.1) is 0 Å². The molecule has 5 heteroatoms. The Kier molecular flexibility index (Phi) is 3.47. The normalized spacial score (nSPS) is 10.3. The number of hydrogen-bond acceptors (Lipinski definition) is 4. The molecule has 21 heavy (non-hydrogen) atoms. The first-order valence-electron chi connectivity index (χ1n) is 6.42. The highest BCUT2D eigenvalue weighted by molar-refractivity contribution is 5.46. The Hall–Kier alpha value is -2.95. The molecule has 2 aromatic carbocycles. The van der Waals surface area contributed by atoms with Crippen LogP contribution in [0.1, 0.15) is 0 Å². The van der Waals surface area contributed by atoms with Crippen molar-refractivity contribution in [1.82, 2.24) is 9.78 Å². The molecule has 106 valence electrons. The minimum absolute atomic E-state index is 0.157. The Morgan fingerprint density at radius 1 is 1.00 bits per heavy atom. The van der Waals surface area contributed by atoms with E-state index in [0.717, 1.165) is 0 Å². The van der Waals surface area contributed by atoms with Gasteiger partial charge in [-0.2, -0.15) is 5.10 Å². The van der Waals surface area contributed by atoms with Gasteiger partial charge in [0.05, 0.1) is 19.5 Å². The van der Waals surface area contributed by atoms with Crippen LogP contribution in [0.4, 0.5) is 0 Å². The number of phenolic OH excluding ortho intramolecular Hbond substituents is 1. The zero-order chi connectivity index (χ0) is 14.7. The van der Waals surface area contributed by atoms with Gasteiger partial charge in [-0.15, -0.1) is 0 Å². The van der Waals surface area contributed by atoms with Gasteiger partial charge in [0.15, 0.2) is 17.2 Å². The molecule has 0 fully saturated rings. The van der Waals surface area contributed by atoms with E-state index < -0.39 is 0 Å². The second-order valence-corrected chi connectivity index (χ2v) is 4.36. The van der Waals surface area contributed by atoms with Gasteiger partial charge in [0.2, 0.25) is 0 Å². The number of benzene rings is 2. The van der Waals surface area contributed by atoms with Gasteiger partial charge in [-0.05, 0) is 24.3 Å². The molecule has 0 aliphatic heterocycles. The van der Waals surface area contributed by atoms with E-state index in [2.05, 4.69) is 5.10 Å². The van der Waals surface area contributed by atoms with E-state index in [-0.39, 0.29) is 5.75 Å². The van der Waals surface area contributed by atoms with E-state index in [1.54, 1.807) is 42.4 Å². The summed E-state index contributed by atoms with van der Waals surface area (Å²) in [6.07, 6.45) is 3.28. The maximum Gasteiger partial charge on any atom is 0.169 e. The van der Waals surface area contributed by atoms with E-state index in [1.165, 1.54) is 0 Å². The first-order chi connectivity index (χ1) is 10.3. The van der Waals surface area contributed by atoms with Crippen LogP contribution in [0.15, 0.2) is 60.9 Å². The standard InChI is InChI=1S/C16H14N2O3/c1-20-15-8-4-5-9-16(15)21-12-10-17-18(11-12)13-6-2-3-7-14(13)19/h2-11,19H,1H3. The Morgan fingerprint density at radius 2 is 1.71 bits per heavy atom. The topological polar surface area (TPSA) is 56.5 Å². The summed E-state index contributed by atoms with van der Waals surface area (Å²) in [5.74, 6) is 1.97. The largest absolute Gasteiger partial charge is 0.506 e. The quantitative estimate of drug-likeness (QED) is 0.797. The number of methoxy groups -OCH3 is 1. The summed E-state index contributed by atoms with van der Waals surface area (Å²) in [4.78, 5) is 0. The molecule has 0 aliphatic rings.